The summed E-state index contributed by atoms with van der Waals surface area (Å²) in [6, 6.07) is 0. The molecule has 0 aliphatic heterocycles. The number of aromatic nitrogens is 2. The van der Waals surface area contributed by atoms with E-state index in [0.717, 1.165) is 28.9 Å². The van der Waals surface area contributed by atoms with E-state index in [9.17, 15) is 4.79 Å². The summed E-state index contributed by atoms with van der Waals surface area (Å²) in [5.41, 5.74) is 0. The second kappa shape index (κ2) is 8.31. The fraction of sp³-hybridized carbons (Fsp3) is 0.727. The molecular weight excluding hydrogens is 268 g/mol. The summed E-state index contributed by atoms with van der Waals surface area (Å²) < 4.78 is 0.827. The zero-order valence-corrected chi connectivity index (χ0v) is 12.7. The minimum absolute atomic E-state index is 0.0400. The molecule has 7 heteroatoms. The second-order valence-electron chi connectivity index (χ2n) is 3.81. The molecule has 1 aromatic heterocycles. The van der Waals surface area contributed by atoms with Crippen molar-refractivity contribution in [2.45, 2.75) is 43.2 Å². The van der Waals surface area contributed by atoms with Crippen LogP contribution in [0, 0.1) is 0 Å². The van der Waals surface area contributed by atoms with Crippen LogP contribution in [0.1, 0.15) is 33.6 Å². The minimum Gasteiger partial charge on any atom is -0.360 e. The van der Waals surface area contributed by atoms with Gasteiger partial charge in [0.1, 0.15) is 0 Å². The van der Waals surface area contributed by atoms with Crippen molar-refractivity contribution in [2.24, 2.45) is 0 Å². The van der Waals surface area contributed by atoms with E-state index >= 15 is 0 Å². The Bertz CT molecular complexity index is 370. The van der Waals surface area contributed by atoms with Crippen molar-refractivity contribution < 1.29 is 4.79 Å². The lowest BCUT2D eigenvalue weighted by Gasteiger charge is -2.07. The van der Waals surface area contributed by atoms with Crippen molar-refractivity contribution in [1.82, 2.24) is 15.5 Å². The number of amides is 1. The number of nitrogens with one attached hydrogen (secondary N) is 2. The summed E-state index contributed by atoms with van der Waals surface area (Å²) in [5.74, 6) is 0.0400. The largest absolute Gasteiger partial charge is 0.360 e. The van der Waals surface area contributed by atoms with Gasteiger partial charge in [-0.05, 0) is 20.3 Å². The van der Waals surface area contributed by atoms with Crippen molar-refractivity contribution in [1.29, 1.82) is 0 Å². The predicted octanol–water partition coefficient (Wildman–Crippen LogP) is 2.37. The zero-order valence-electron chi connectivity index (χ0n) is 11.0. The van der Waals surface area contributed by atoms with Crippen LogP contribution in [0.4, 0.5) is 5.13 Å². The number of nitrogens with zero attached hydrogens (tertiary/aromatic N) is 2. The Kier molecular flexibility index (Phi) is 7.04. The van der Waals surface area contributed by atoms with E-state index in [1.165, 1.54) is 23.1 Å². The minimum atomic E-state index is -0.138. The van der Waals surface area contributed by atoms with E-state index in [-0.39, 0.29) is 11.2 Å². The zero-order chi connectivity index (χ0) is 13.4. The maximum absolute atomic E-state index is 11.6. The Hall–Kier alpha value is -0.820. The molecule has 0 aliphatic rings. The van der Waals surface area contributed by atoms with E-state index in [1.54, 1.807) is 0 Å². The molecule has 0 aromatic carbocycles. The van der Waals surface area contributed by atoms with Gasteiger partial charge in [-0.25, -0.2) is 0 Å². The molecule has 18 heavy (non-hydrogen) atoms. The van der Waals surface area contributed by atoms with Crippen LogP contribution < -0.4 is 10.6 Å². The average molecular weight is 288 g/mol. The second-order valence-corrected chi connectivity index (χ2v) is 6.37. The number of carbonyl (C=O) groups is 1. The summed E-state index contributed by atoms with van der Waals surface area (Å²) in [7, 11) is 0. The van der Waals surface area contributed by atoms with Crippen LogP contribution in [0.5, 0.6) is 0 Å². The van der Waals surface area contributed by atoms with Gasteiger partial charge in [0, 0.05) is 13.1 Å². The number of hydrogen-bond acceptors (Lipinski definition) is 6. The lowest BCUT2D eigenvalue weighted by Crippen LogP contribution is -2.30. The first-order chi connectivity index (χ1) is 8.67. The molecule has 0 bridgehead atoms. The fourth-order valence-electron chi connectivity index (χ4n) is 1.22. The molecule has 0 spiro atoms. The lowest BCUT2D eigenvalue weighted by atomic mass is 10.3. The van der Waals surface area contributed by atoms with Crippen LogP contribution in [0.15, 0.2) is 4.34 Å². The van der Waals surface area contributed by atoms with Gasteiger partial charge in [0.15, 0.2) is 4.34 Å². The molecule has 102 valence electrons. The van der Waals surface area contributed by atoms with Gasteiger partial charge in [0.25, 0.3) is 0 Å². The summed E-state index contributed by atoms with van der Waals surface area (Å²) in [6.45, 7) is 7.51. The topological polar surface area (TPSA) is 66.9 Å². The van der Waals surface area contributed by atoms with Gasteiger partial charge in [-0.15, -0.1) is 10.2 Å². The molecule has 1 atom stereocenters. The van der Waals surface area contributed by atoms with Crippen LogP contribution in [-0.4, -0.2) is 34.4 Å². The molecule has 1 amide bonds. The normalized spacial score (nSPS) is 12.2. The number of anilines is 1. The highest BCUT2D eigenvalue weighted by molar-refractivity contribution is 8.02. The van der Waals surface area contributed by atoms with E-state index in [0.29, 0.717) is 6.54 Å². The Balaban J connectivity index is 2.40. The third-order valence-corrected chi connectivity index (χ3v) is 4.28. The Labute approximate surface area is 116 Å². The van der Waals surface area contributed by atoms with E-state index in [4.69, 9.17) is 0 Å². The van der Waals surface area contributed by atoms with Crippen molar-refractivity contribution >= 4 is 34.1 Å². The molecule has 1 heterocycles. The first kappa shape index (κ1) is 15.2. The quantitative estimate of drug-likeness (QED) is 0.568. The van der Waals surface area contributed by atoms with Crippen molar-refractivity contribution in [3.05, 3.63) is 0 Å². The smallest absolute Gasteiger partial charge is 0.233 e. The molecule has 0 aliphatic carbocycles. The Morgan fingerprint density at radius 1 is 1.44 bits per heavy atom. The third-order valence-electron chi connectivity index (χ3n) is 2.21. The Morgan fingerprint density at radius 3 is 2.89 bits per heavy atom. The number of thioether (sulfide) groups is 1. The highest BCUT2D eigenvalue weighted by Gasteiger charge is 2.16. The molecule has 0 saturated heterocycles. The van der Waals surface area contributed by atoms with Gasteiger partial charge >= 0.3 is 0 Å². The highest BCUT2D eigenvalue weighted by Crippen LogP contribution is 2.28. The van der Waals surface area contributed by atoms with Gasteiger partial charge in [-0.2, -0.15) is 0 Å². The van der Waals surface area contributed by atoms with Crippen molar-refractivity contribution in [3.8, 4) is 0 Å². The molecular formula is C11H20N4OS2. The van der Waals surface area contributed by atoms with Gasteiger partial charge in [-0.1, -0.05) is 36.4 Å². The molecule has 1 rings (SSSR count). The molecule has 2 N–H and O–H groups in total. The number of hydrogen-bond donors (Lipinski definition) is 2. The van der Waals surface area contributed by atoms with Gasteiger partial charge in [-0.3, -0.25) is 4.79 Å². The van der Waals surface area contributed by atoms with Crippen LogP contribution in [-0.2, 0) is 4.79 Å². The maximum Gasteiger partial charge on any atom is 0.233 e. The van der Waals surface area contributed by atoms with Gasteiger partial charge in [0.05, 0.1) is 5.25 Å². The average Bonchev–Trinajstić information content (AvgIpc) is 2.77. The SMILES string of the molecule is CCCCNc1nnc(S[C@H](C)C(=O)NCC)s1. The number of unbranched alkanes of at least 4 members (excludes halogenated alkanes) is 1. The summed E-state index contributed by atoms with van der Waals surface area (Å²) in [5, 5.41) is 14.8. The predicted molar refractivity (Wildman–Crippen MR) is 77.3 cm³/mol. The molecule has 0 saturated carbocycles. The molecule has 0 unspecified atom stereocenters. The van der Waals surface area contributed by atoms with Crippen molar-refractivity contribution in [3.63, 3.8) is 0 Å². The van der Waals surface area contributed by atoms with E-state index in [2.05, 4.69) is 27.8 Å². The van der Waals surface area contributed by atoms with Crippen LogP contribution in [0.2, 0.25) is 0 Å². The van der Waals surface area contributed by atoms with Crippen LogP contribution in [0.3, 0.4) is 0 Å². The van der Waals surface area contributed by atoms with Gasteiger partial charge in [0.2, 0.25) is 11.0 Å². The fourth-order valence-corrected chi connectivity index (χ4v) is 3.17. The molecule has 0 fully saturated rings. The maximum atomic E-state index is 11.6. The number of carbonyl (C=O) groups excluding carboxylic acids is 1. The molecule has 5 nitrogen and oxygen atoms in total. The first-order valence-electron chi connectivity index (χ1n) is 6.19. The summed E-state index contributed by atoms with van der Waals surface area (Å²) in [6.07, 6.45) is 2.28. The summed E-state index contributed by atoms with van der Waals surface area (Å²) in [4.78, 5) is 11.6. The highest BCUT2D eigenvalue weighted by atomic mass is 32.2. The van der Waals surface area contributed by atoms with Gasteiger partial charge < -0.3 is 10.6 Å². The standard InChI is InChI=1S/C11H20N4OS2/c1-4-6-7-13-10-14-15-11(18-10)17-8(3)9(16)12-5-2/h8H,4-7H2,1-3H3,(H,12,16)(H,13,14)/t8-/m1/s1. The molecule has 1 aromatic rings. The lowest BCUT2D eigenvalue weighted by molar-refractivity contribution is -0.120. The monoisotopic (exact) mass is 288 g/mol. The van der Waals surface area contributed by atoms with E-state index in [1.807, 2.05) is 13.8 Å². The van der Waals surface area contributed by atoms with Crippen LogP contribution in [0.25, 0.3) is 0 Å². The number of rotatable bonds is 8. The van der Waals surface area contributed by atoms with E-state index < -0.39 is 0 Å². The Morgan fingerprint density at radius 2 is 2.22 bits per heavy atom. The molecule has 0 radical (unpaired) electrons. The first-order valence-corrected chi connectivity index (χ1v) is 7.88. The third kappa shape index (κ3) is 5.22. The summed E-state index contributed by atoms with van der Waals surface area (Å²) >= 11 is 2.94. The van der Waals surface area contributed by atoms with Crippen LogP contribution >= 0.6 is 23.1 Å². The van der Waals surface area contributed by atoms with Crippen molar-refractivity contribution in [2.75, 3.05) is 18.4 Å².